The number of nitrogens with zero attached hydrogens (tertiary/aromatic N) is 2. The summed E-state index contributed by atoms with van der Waals surface area (Å²) in [6, 6.07) is 8.46. The largest absolute Gasteiger partial charge is 0.396 e. The summed E-state index contributed by atoms with van der Waals surface area (Å²) in [5.41, 5.74) is 2.79. The van der Waals surface area contributed by atoms with Crippen LogP contribution in [0.4, 0.5) is 0 Å². The molecule has 1 heterocycles. The minimum absolute atomic E-state index is 0.00272. The summed E-state index contributed by atoms with van der Waals surface area (Å²) in [5, 5.41) is 12.0. The van der Waals surface area contributed by atoms with E-state index >= 15 is 0 Å². The first-order valence-corrected chi connectivity index (χ1v) is 9.37. The number of aromatic nitrogens is 1. The number of aliphatic hydroxyl groups is 1. The Labute approximate surface area is 147 Å². The molecule has 0 unspecified atom stereocenters. The molecule has 0 spiro atoms. The van der Waals surface area contributed by atoms with Crippen LogP contribution in [-0.4, -0.2) is 40.6 Å². The van der Waals surface area contributed by atoms with Crippen LogP contribution in [0.3, 0.4) is 0 Å². The number of rotatable bonds is 4. The molecule has 4 nitrogen and oxygen atoms in total. The Morgan fingerprint density at radius 1 is 1.25 bits per heavy atom. The molecule has 1 N–H and O–H groups in total. The van der Waals surface area contributed by atoms with Gasteiger partial charge in [0.2, 0.25) is 0 Å². The van der Waals surface area contributed by atoms with Gasteiger partial charge in [-0.05, 0) is 38.5 Å². The van der Waals surface area contributed by atoms with Crippen LogP contribution in [0.1, 0.15) is 41.7 Å². The van der Waals surface area contributed by atoms with Gasteiger partial charge in [-0.15, -0.1) is 11.3 Å². The molecule has 0 atom stereocenters. The molecule has 1 amide bonds. The molecule has 1 aliphatic carbocycles. The molecule has 1 aromatic heterocycles. The fourth-order valence-electron chi connectivity index (χ4n) is 3.26. The standard InChI is InChI=1S/C19H24N2O2S/c1-13-3-7-15(8-4-13)18-20-17(12-24-18)19(23)21(2)16-9-5-14(11-22)6-10-16/h3-4,7-8,12,14,16,22H,5-6,9-11H2,1-2H3. The molecular weight excluding hydrogens is 320 g/mol. The zero-order valence-corrected chi connectivity index (χ0v) is 15.1. The van der Waals surface area contributed by atoms with Crippen molar-refractivity contribution in [2.75, 3.05) is 13.7 Å². The molecule has 1 aromatic carbocycles. The fraction of sp³-hybridized carbons (Fsp3) is 0.474. The van der Waals surface area contributed by atoms with Gasteiger partial charge in [-0.25, -0.2) is 4.98 Å². The second-order valence-electron chi connectivity index (χ2n) is 6.68. The minimum atomic E-state index is -0.00272. The number of carbonyl (C=O) groups excluding carboxylic acids is 1. The van der Waals surface area contributed by atoms with Crippen molar-refractivity contribution in [3.05, 3.63) is 40.9 Å². The Hall–Kier alpha value is -1.72. The number of thiazole rings is 1. The molecule has 128 valence electrons. The maximum Gasteiger partial charge on any atom is 0.273 e. The van der Waals surface area contributed by atoms with Crippen LogP contribution in [0.25, 0.3) is 10.6 Å². The first-order valence-electron chi connectivity index (χ1n) is 8.49. The molecule has 1 aliphatic rings. The lowest BCUT2D eigenvalue weighted by molar-refractivity contribution is 0.0648. The molecule has 5 heteroatoms. The van der Waals surface area contributed by atoms with Crippen molar-refractivity contribution in [1.82, 2.24) is 9.88 Å². The molecule has 2 aromatic rings. The Kier molecular flexibility index (Phi) is 5.31. The quantitative estimate of drug-likeness (QED) is 0.919. The average molecular weight is 344 g/mol. The summed E-state index contributed by atoms with van der Waals surface area (Å²) in [6.45, 7) is 2.32. The van der Waals surface area contributed by atoms with E-state index in [1.807, 2.05) is 29.5 Å². The van der Waals surface area contributed by atoms with Gasteiger partial charge < -0.3 is 10.0 Å². The van der Waals surface area contributed by atoms with E-state index in [1.165, 1.54) is 16.9 Å². The third kappa shape index (κ3) is 3.68. The van der Waals surface area contributed by atoms with Crippen molar-refractivity contribution in [3.8, 4) is 10.6 Å². The maximum absolute atomic E-state index is 12.7. The molecule has 0 saturated heterocycles. The number of aryl methyl sites for hydroxylation is 1. The fourth-order valence-corrected chi connectivity index (χ4v) is 4.06. The molecule has 3 rings (SSSR count). The van der Waals surface area contributed by atoms with Crippen molar-refractivity contribution in [2.24, 2.45) is 5.92 Å². The Morgan fingerprint density at radius 3 is 2.54 bits per heavy atom. The number of amides is 1. The molecule has 24 heavy (non-hydrogen) atoms. The normalized spacial score (nSPS) is 20.8. The zero-order chi connectivity index (χ0) is 17.1. The molecular formula is C19H24N2O2S. The molecule has 0 radical (unpaired) electrons. The second kappa shape index (κ2) is 7.45. The Bertz CT molecular complexity index is 688. The van der Waals surface area contributed by atoms with Crippen LogP contribution in [0.15, 0.2) is 29.6 Å². The van der Waals surface area contributed by atoms with E-state index in [4.69, 9.17) is 0 Å². The average Bonchev–Trinajstić information content (AvgIpc) is 3.11. The van der Waals surface area contributed by atoms with Crippen molar-refractivity contribution in [3.63, 3.8) is 0 Å². The number of carbonyl (C=O) groups is 1. The van der Waals surface area contributed by atoms with E-state index in [1.54, 1.807) is 0 Å². The van der Waals surface area contributed by atoms with Crippen LogP contribution in [0.2, 0.25) is 0 Å². The summed E-state index contributed by atoms with van der Waals surface area (Å²) in [4.78, 5) is 19.1. The predicted molar refractivity (Wildman–Crippen MR) is 97.2 cm³/mol. The van der Waals surface area contributed by atoms with Crippen molar-refractivity contribution < 1.29 is 9.90 Å². The highest BCUT2D eigenvalue weighted by molar-refractivity contribution is 7.13. The van der Waals surface area contributed by atoms with Gasteiger partial charge in [0, 0.05) is 30.6 Å². The number of benzene rings is 1. The number of hydrogen-bond donors (Lipinski definition) is 1. The van der Waals surface area contributed by atoms with Crippen LogP contribution < -0.4 is 0 Å². The SMILES string of the molecule is Cc1ccc(-c2nc(C(=O)N(C)C3CCC(CO)CC3)cs2)cc1. The first kappa shape index (κ1) is 17.1. The summed E-state index contributed by atoms with van der Waals surface area (Å²) in [6.07, 6.45) is 3.90. The van der Waals surface area contributed by atoms with E-state index in [2.05, 4.69) is 24.0 Å². The highest BCUT2D eigenvalue weighted by Gasteiger charge is 2.27. The maximum atomic E-state index is 12.7. The highest BCUT2D eigenvalue weighted by Crippen LogP contribution is 2.29. The van der Waals surface area contributed by atoms with Crippen molar-refractivity contribution in [2.45, 2.75) is 38.6 Å². The van der Waals surface area contributed by atoms with Crippen LogP contribution >= 0.6 is 11.3 Å². The van der Waals surface area contributed by atoms with Crippen LogP contribution in [0.5, 0.6) is 0 Å². The molecule has 0 aliphatic heterocycles. The Balaban J connectivity index is 1.68. The van der Waals surface area contributed by atoms with Gasteiger partial charge in [-0.3, -0.25) is 4.79 Å². The number of hydrogen-bond acceptors (Lipinski definition) is 4. The lowest BCUT2D eigenvalue weighted by Crippen LogP contribution is -2.40. The van der Waals surface area contributed by atoms with Gasteiger partial charge in [0.1, 0.15) is 10.7 Å². The molecule has 0 bridgehead atoms. The van der Waals surface area contributed by atoms with E-state index in [9.17, 15) is 9.90 Å². The summed E-state index contributed by atoms with van der Waals surface area (Å²) < 4.78 is 0. The molecule has 1 saturated carbocycles. The smallest absolute Gasteiger partial charge is 0.273 e. The lowest BCUT2D eigenvalue weighted by atomic mass is 9.86. The van der Waals surface area contributed by atoms with Gasteiger partial charge in [0.05, 0.1) is 0 Å². The van der Waals surface area contributed by atoms with E-state index in [0.29, 0.717) is 11.6 Å². The van der Waals surface area contributed by atoms with Gasteiger partial charge in [-0.1, -0.05) is 29.8 Å². The monoisotopic (exact) mass is 344 g/mol. The van der Waals surface area contributed by atoms with Crippen LogP contribution in [-0.2, 0) is 0 Å². The Morgan fingerprint density at radius 2 is 1.92 bits per heavy atom. The highest BCUT2D eigenvalue weighted by atomic mass is 32.1. The first-order chi connectivity index (χ1) is 11.6. The van der Waals surface area contributed by atoms with Crippen molar-refractivity contribution in [1.29, 1.82) is 0 Å². The summed E-state index contributed by atoms with van der Waals surface area (Å²) in [5.74, 6) is 0.397. The van der Waals surface area contributed by atoms with E-state index in [-0.39, 0.29) is 18.6 Å². The van der Waals surface area contributed by atoms with Gasteiger partial charge in [-0.2, -0.15) is 0 Å². The van der Waals surface area contributed by atoms with Gasteiger partial charge in [0.15, 0.2) is 0 Å². The summed E-state index contributed by atoms with van der Waals surface area (Å²) >= 11 is 1.51. The van der Waals surface area contributed by atoms with E-state index in [0.717, 1.165) is 36.3 Å². The van der Waals surface area contributed by atoms with Gasteiger partial charge >= 0.3 is 0 Å². The third-order valence-corrected chi connectivity index (χ3v) is 5.86. The number of aliphatic hydroxyl groups excluding tert-OH is 1. The minimum Gasteiger partial charge on any atom is -0.396 e. The third-order valence-electron chi connectivity index (χ3n) is 4.96. The topological polar surface area (TPSA) is 53.4 Å². The van der Waals surface area contributed by atoms with E-state index < -0.39 is 0 Å². The lowest BCUT2D eigenvalue weighted by Gasteiger charge is -2.33. The van der Waals surface area contributed by atoms with Crippen LogP contribution in [0, 0.1) is 12.8 Å². The molecule has 1 fully saturated rings. The zero-order valence-electron chi connectivity index (χ0n) is 14.2. The summed E-state index contributed by atoms with van der Waals surface area (Å²) in [7, 11) is 1.87. The van der Waals surface area contributed by atoms with Gasteiger partial charge in [0.25, 0.3) is 5.91 Å². The van der Waals surface area contributed by atoms with Crippen molar-refractivity contribution >= 4 is 17.2 Å². The second-order valence-corrected chi connectivity index (χ2v) is 7.54. The predicted octanol–water partition coefficient (Wildman–Crippen LogP) is 3.74.